The first-order valence-corrected chi connectivity index (χ1v) is 11.6. The molecule has 0 radical (unpaired) electrons. The van der Waals surface area contributed by atoms with Crippen molar-refractivity contribution >= 4 is 11.6 Å². The molecule has 9 heteroatoms. The zero-order chi connectivity index (χ0) is 23.4. The number of hydrogen-bond acceptors (Lipinski definition) is 5. The van der Waals surface area contributed by atoms with E-state index in [4.69, 9.17) is 4.74 Å². The van der Waals surface area contributed by atoms with Crippen LogP contribution in [0, 0.1) is 11.8 Å². The predicted octanol–water partition coefficient (Wildman–Crippen LogP) is 4.11. The molecule has 1 N–H and O–H groups in total. The van der Waals surface area contributed by atoms with Crippen LogP contribution in [0.5, 0.6) is 11.5 Å². The van der Waals surface area contributed by atoms with E-state index >= 15 is 0 Å². The molecule has 2 aliphatic rings. The summed E-state index contributed by atoms with van der Waals surface area (Å²) in [6.07, 6.45) is 6.69. The Morgan fingerprint density at radius 2 is 2.06 bits per heavy atom. The number of alkyl halides is 2. The SMILES string of the molecule is CC(C)C[C@H]1CN(c2ccc(OC(F)F)c(OCC3CC3)c2)CCN1C(=O)Cc1c[nH]cn1. The number of aromatic amines is 1. The Labute approximate surface area is 193 Å². The first-order valence-electron chi connectivity index (χ1n) is 11.6. The Bertz CT molecular complexity index is 918. The number of H-pyrrole nitrogens is 1. The van der Waals surface area contributed by atoms with Gasteiger partial charge in [0.05, 0.1) is 25.0 Å². The van der Waals surface area contributed by atoms with Crippen LogP contribution in [0.15, 0.2) is 30.7 Å². The first-order chi connectivity index (χ1) is 15.9. The second-order valence-electron chi connectivity index (χ2n) is 9.32. The number of ether oxygens (including phenoxy) is 2. The lowest BCUT2D eigenvalue weighted by molar-refractivity contribution is -0.133. The summed E-state index contributed by atoms with van der Waals surface area (Å²) in [7, 11) is 0. The molecular weight excluding hydrogens is 430 g/mol. The van der Waals surface area contributed by atoms with Gasteiger partial charge in [-0.3, -0.25) is 4.79 Å². The van der Waals surface area contributed by atoms with Gasteiger partial charge in [-0.1, -0.05) is 13.8 Å². The van der Waals surface area contributed by atoms with E-state index in [9.17, 15) is 13.6 Å². The average molecular weight is 463 g/mol. The number of hydrogen-bond donors (Lipinski definition) is 1. The highest BCUT2D eigenvalue weighted by molar-refractivity contribution is 5.79. The minimum Gasteiger partial charge on any atom is -0.489 e. The van der Waals surface area contributed by atoms with Gasteiger partial charge in [0, 0.05) is 43.6 Å². The Kier molecular flexibility index (Phi) is 7.35. The van der Waals surface area contributed by atoms with Crippen molar-refractivity contribution in [3.8, 4) is 11.5 Å². The molecule has 7 nitrogen and oxygen atoms in total. The van der Waals surface area contributed by atoms with Gasteiger partial charge in [0.1, 0.15) is 0 Å². The summed E-state index contributed by atoms with van der Waals surface area (Å²) in [4.78, 5) is 24.2. The van der Waals surface area contributed by atoms with Crippen LogP contribution in [0.25, 0.3) is 0 Å². The highest BCUT2D eigenvalue weighted by atomic mass is 19.3. The summed E-state index contributed by atoms with van der Waals surface area (Å²) in [5.41, 5.74) is 1.62. The van der Waals surface area contributed by atoms with Crippen molar-refractivity contribution in [2.75, 3.05) is 31.1 Å². The van der Waals surface area contributed by atoms with Crippen molar-refractivity contribution in [1.29, 1.82) is 0 Å². The number of aromatic nitrogens is 2. The zero-order valence-corrected chi connectivity index (χ0v) is 19.2. The Balaban J connectivity index is 1.48. The number of nitrogens with zero attached hydrogens (tertiary/aromatic N) is 3. The monoisotopic (exact) mass is 462 g/mol. The molecule has 4 rings (SSSR count). The molecule has 0 bridgehead atoms. The van der Waals surface area contributed by atoms with Gasteiger partial charge < -0.3 is 24.3 Å². The predicted molar refractivity (Wildman–Crippen MR) is 121 cm³/mol. The lowest BCUT2D eigenvalue weighted by Gasteiger charge is -2.43. The molecule has 2 fully saturated rings. The van der Waals surface area contributed by atoms with E-state index in [0.29, 0.717) is 43.8 Å². The van der Waals surface area contributed by atoms with Crippen LogP contribution in [0.2, 0.25) is 0 Å². The molecule has 33 heavy (non-hydrogen) atoms. The molecule has 1 aromatic heterocycles. The number of amides is 1. The summed E-state index contributed by atoms with van der Waals surface area (Å²) in [5, 5.41) is 0. The minimum absolute atomic E-state index is 0.0537. The van der Waals surface area contributed by atoms with Crippen molar-refractivity contribution in [3.63, 3.8) is 0 Å². The van der Waals surface area contributed by atoms with Gasteiger partial charge in [0.2, 0.25) is 5.91 Å². The summed E-state index contributed by atoms with van der Waals surface area (Å²) < 4.78 is 36.2. The highest BCUT2D eigenvalue weighted by Gasteiger charge is 2.32. The van der Waals surface area contributed by atoms with Crippen molar-refractivity contribution in [2.45, 2.75) is 52.2 Å². The number of carbonyl (C=O) groups is 1. The molecule has 1 aliphatic heterocycles. The quantitative estimate of drug-likeness (QED) is 0.576. The molecule has 1 amide bonds. The number of carbonyl (C=O) groups excluding carboxylic acids is 1. The number of anilines is 1. The largest absolute Gasteiger partial charge is 0.489 e. The number of benzene rings is 1. The molecule has 1 saturated carbocycles. The van der Waals surface area contributed by atoms with E-state index in [0.717, 1.165) is 30.6 Å². The molecule has 0 unspecified atom stereocenters. The Morgan fingerprint density at radius 3 is 2.73 bits per heavy atom. The fourth-order valence-electron chi connectivity index (χ4n) is 4.30. The maximum absolute atomic E-state index is 13.0. The third kappa shape index (κ3) is 6.36. The van der Waals surface area contributed by atoms with E-state index in [2.05, 4.69) is 33.5 Å². The summed E-state index contributed by atoms with van der Waals surface area (Å²) >= 11 is 0. The fraction of sp³-hybridized carbons (Fsp3) is 0.583. The molecule has 2 aromatic rings. The first kappa shape index (κ1) is 23.3. The van der Waals surface area contributed by atoms with Crippen LogP contribution in [-0.2, 0) is 11.2 Å². The van der Waals surface area contributed by atoms with Gasteiger partial charge in [-0.05, 0) is 43.2 Å². The number of imidazole rings is 1. The molecule has 1 aromatic carbocycles. The number of nitrogens with one attached hydrogen (secondary N) is 1. The maximum atomic E-state index is 13.0. The van der Waals surface area contributed by atoms with Crippen LogP contribution in [0.3, 0.4) is 0 Å². The van der Waals surface area contributed by atoms with Gasteiger partial charge in [-0.25, -0.2) is 4.98 Å². The highest BCUT2D eigenvalue weighted by Crippen LogP contribution is 2.37. The third-order valence-electron chi connectivity index (χ3n) is 6.11. The van der Waals surface area contributed by atoms with Crippen molar-refractivity contribution in [3.05, 3.63) is 36.4 Å². The van der Waals surface area contributed by atoms with E-state index in [1.807, 2.05) is 4.90 Å². The maximum Gasteiger partial charge on any atom is 0.387 e. The van der Waals surface area contributed by atoms with E-state index in [-0.39, 0.29) is 24.1 Å². The van der Waals surface area contributed by atoms with Gasteiger partial charge in [0.15, 0.2) is 11.5 Å². The standard InChI is InChI=1S/C24H32F2N4O3/c1-16(2)9-20-13-29(7-8-30(20)23(31)10-18-12-27-15-28-18)19-5-6-21(33-24(25)26)22(11-19)32-14-17-3-4-17/h5-6,11-12,15-17,20,24H,3-4,7-10,13-14H2,1-2H3,(H,27,28)/t20-/m0/s1. The van der Waals surface area contributed by atoms with Gasteiger partial charge in [-0.2, -0.15) is 8.78 Å². The number of rotatable bonds is 10. The molecule has 0 spiro atoms. The molecule has 180 valence electrons. The molecular formula is C24H32F2N4O3. The van der Waals surface area contributed by atoms with Gasteiger partial charge in [-0.15, -0.1) is 0 Å². The normalized spacial score (nSPS) is 18.8. The summed E-state index contributed by atoms with van der Waals surface area (Å²) in [6.45, 7) is 3.81. The zero-order valence-electron chi connectivity index (χ0n) is 19.2. The van der Waals surface area contributed by atoms with Crippen molar-refractivity contribution in [2.24, 2.45) is 11.8 Å². The summed E-state index contributed by atoms with van der Waals surface area (Å²) in [5.74, 6) is 1.39. The van der Waals surface area contributed by atoms with E-state index in [1.54, 1.807) is 30.7 Å². The van der Waals surface area contributed by atoms with E-state index < -0.39 is 6.61 Å². The smallest absolute Gasteiger partial charge is 0.387 e. The van der Waals surface area contributed by atoms with E-state index in [1.165, 1.54) is 0 Å². The van der Waals surface area contributed by atoms with Gasteiger partial charge in [0.25, 0.3) is 0 Å². The number of piperazine rings is 1. The van der Waals surface area contributed by atoms with Crippen LogP contribution < -0.4 is 14.4 Å². The topological polar surface area (TPSA) is 70.7 Å². The third-order valence-corrected chi connectivity index (χ3v) is 6.11. The number of halogens is 2. The lowest BCUT2D eigenvalue weighted by atomic mass is 9.99. The lowest BCUT2D eigenvalue weighted by Crippen LogP contribution is -2.56. The van der Waals surface area contributed by atoms with Crippen LogP contribution in [0.1, 0.15) is 38.8 Å². The second-order valence-corrected chi connectivity index (χ2v) is 9.32. The molecule has 2 heterocycles. The average Bonchev–Trinajstić information content (AvgIpc) is 3.46. The molecule has 1 saturated heterocycles. The molecule has 1 aliphatic carbocycles. The van der Waals surface area contributed by atoms with Crippen molar-refractivity contribution < 1.29 is 23.0 Å². The van der Waals surface area contributed by atoms with Crippen LogP contribution >= 0.6 is 0 Å². The second kappa shape index (κ2) is 10.4. The summed E-state index contributed by atoms with van der Waals surface area (Å²) in [6, 6.07) is 5.18. The fourth-order valence-corrected chi connectivity index (χ4v) is 4.30. The van der Waals surface area contributed by atoms with Crippen LogP contribution in [-0.4, -0.2) is 59.7 Å². The Hall–Kier alpha value is -2.84. The Morgan fingerprint density at radius 1 is 1.24 bits per heavy atom. The van der Waals surface area contributed by atoms with Crippen molar-refractivity contribution in [1.82, 2.24) is 14.9 Å². The minimum atomic E-state index is -2.90. The molecule has 1 atom stereocenters. The van der Waals surface area contributed by atoms with Gasteiger partial charge >= 0.3 is 6.61 Å². The van der Waals surface area contributed by atoms with Crippen LogP contribution in [0.4, 0.5) is 14.5 Å².